The van der Waals surface area contributed by atoms with Crippen LogP contribution in [0.1, 0.15) is 31.0 Å². The fourth-order valence-corrected chi connectivity index (χ4v) is 2.12. The van der Waals surface area contributed by atoms with Crippen LogP contribution in [-0.4, -0.2) is 5.91 Å². The van der Waals surface area contributed by atoms with Gasteiger partial charge in [-0.1, -0.05) is 30.3 Å². The number of anilines is 1. The maximum atomic E-state index is 13.7. The van der Waals surface area contributed by atoms with E-state index in [-0.39, 0.29) is 17.8 Å². The van der Waals surface area contributed by atoms with Gasteiger partial charge in [-0.15, -0.1) is 0 Å². The van der Waals surface area contributed by atoms with E-state index in [4.69, 9.17) is 0 Å². The summed E-state index contributed by atoms with van der Waals surface area (Å²) in [5.74, 6) is -0.285. The number of hydrogen-bond acceptors (Lipinski definition) is 2. The number of benzene rings is 2. The van der Waals surface area contributed by atoms with Gasteiger partial charge >= 0.3 is 0 Å². The van der Waals surface area contributed by atoms with Crippen molar-refractivity contribution in [1.82, 2.24) is 5.32 Å². The molecular formula is C17H19FN2O. The van der Waals surface area contributed by atoms with E-state index in [0.29, 0.717) is 12.1 Å². The molecular weight excluding hydrogens is 267 g/mol. The second-order valence-electron chi connectivity index (χ2n) is 5.00. The smallest absolute Gasteiger partial charge is 0.221 e. The van der Waals surface area contributed by atoms with Gasteiger partial charge in [-0.05, 0) is 30.7 Å². The standard InChI is InChI=1S/C17H19FN2O/c1-12(16-5-3-4-6-17(16)18)19-11-14-7-9-15(10-8-14)20-13(2)21/h3-10,12,19H,11H2,1-2H3,(H,20,21)/t12-/m1/s1. The molecule has 1 amide bonds. The second-order valence-corrected chi connectivity index (χ2v) is 5.00. The minimum atomic E-state index is -0.196. The van der Waals surface area contributed by atoms with Gasteiger partial charge in [0.2, 0.25) is 5.91 Å². The Balaban J connectivity index is 1.94. The molecule has 0 saturated carbocycles. The predicted octanol–water partition coefficient (Wildman–Crippen LogP) is 3.63. The van der Waals surface area contributed by atoms with E-state index in [9.17, 15) is 9.18 Å². The number of amides is 1. The third kappa shape index (κ3) is 4.39. The average molecular weight is 286 g/mol. The molecule has 0 fully saturated rings. The highest BCUT2D eigenvalue weighted by molar-refractivity contribution is 5.88. The van der Waals surface area contributed by atoms with Crippen molar-refractivity contribution in [3.63, 3.8) is 0 Å². The van der Waals surface area contributed by atoms with Crippen LogP contribution in [-0.2, 0) is 11.3 Å². The molecule has 2 aromatic carbocycles. The van der Waals surface area contributed by atoms with Gasteiger partial charge in [0.05, 0.1) is 0 Å². The van der Waals surface area contributed by atoms with Crippen molar-refractivity contribution in [2.45, 2.75) is 26.4 Å². The van der Waals surface area contributed by atoms with Gasteiger partial charge < -0.3 is 10.6 Å². The van der Waals surface area contributed by atoms with E-state index in [0.717, 1.165) is 11.3 Å². The zero-order valence-electron chi connectivity index (χ0n) is 12.2. The SMILES string of the molecule is CC(=O)Nc1ccc(CN[C@H](C)c2ccccc2F)cc1. The van der Waals surface area contributed by atoms with E-state index in [1.54, 1.807) is 12.1 Å². The third-order valence-electron chi connectivity index (χ3n) is 3.26. The first kappa shape index (κ1) is 15.2. The molecule has 21 heavy (non-hydrogen) atoms. The lowest BCUT2D eigenvalue weighted by molar-refractivity contribution is -0.114. The van der Waals surface area contributed by atoms with E-state index in [1.165, 1.54) is 13.0 Å². The topological polar surface area (TPSA) is 41.1 Å². The number of rotatable bonds is 5. The van der Waals surface area contributed by atoms with Crippen LogP contribution in [0.4, 0.5) is 10.1 Å². The van der Waals surface area contributed by atoms with Crippen LogP contribution in [0.3, 0.4) is 0 Å². The van der Waals surface area contributed by atoms with Crippen molar-refractivity contribution in [2.24, 2.45) is 0 Å². The van der Waals surface area contributed by atoms with E-state index in [2.05, 4.69) is 10.6 Å². The maximum Gasteiger partial charge on any atom is 0.221 e. The van der Waals surface area contributed by atoms with Crippen molar-refractivity contribution in [1.29, 1.82) is 0 Å². The predicted molar refractivity (Wildman–Crippen MR) is 82.4 cm³/mol. The largest absolute Gasteiger partial charge is 0.326 e. The maximum absolute atomic E-state index is 13.7. The first-order valence-corrected chi connectivity index (χ1v) is 6.90. The number of halogens is 1. The summed E-state index contributed by atoms with van der Waals surface area (Å²) in [5, 5.41) is 6.01. The van der Waals surface area contributed by atoms with Crippen LogP contribution in [0.25, 0.3) is 0 Å². The fraction of sp³-hybridized carbons (Fsp3) is 0.235. The van der Waals surface area contributed by atoms with Crippen LogP contribution >= 0.6 is 0 Å². The lowest BCUT2D eigenvalue weighted by Crippen LogP contribution is -2.19. The molecule has 0 bridgehead atoms. The highest BCUT2D eigenvalue weighted by atomic mass is 19.1. The van der Waals surface area contributed by atoms with E-state index < -0.39 is 0 Å². The van der Waals surface area contributed by atoms with Gasteiger partial charge in [0.1, 0.15) is 5.82 Å². The summed E-state index contributed by atoms with van der Waals surface area (Å²) >= 11 is 0. The van der Waals surface area contributed by atoms with Crippen molar-refractivity contribution in [3.8, 4) is 0 Å². The molecule has 110 valence electrons. The molecule has 4 heteroatoms. The van der Waals surface area contributed by atoms with Crippen LogP contribution < -0.4 is 10.6 Å². The molecule has 0 aliphatic rings. The molecule has 0 radical (unpaired) electrons. The lowest BCUT2D eigenvalue weighted by Gasteiger charge is -2.15. The number of nitrogens with one attached hydrogen (secondary N) is 2. The fourth-order valence-electron chi connectivity index (χ4n) is 2.12. The van der Waals surface area contributed by atoms with Crippen molar-refractivity contribution in [3.05, 3.63) is 65.5 Å². The quantitative estimate of drug-likeness (QED) is 0.881. The van der Waals surface area contributed by atoms with Gasteiger partial charge in [-0.25, -0.2) is 4.39 Å². The van der Waals surface area contributed by atoms with Gasteiger partial charge in [-0.3, -0.25) is 4.79 Å². The normalized spacial score (nSPS) is 12.0. The number of carbonyl (C=O) groups is 1. The molecule has 0 saturated heterocycles. The monoisotopic (exact) mass is 286 g/mol. The molecule has 0 aromatic heterocycles. The van der Waals surface area contributed by atoms with E-state index >= 15 is 0 Å². The van der Waals surface area contributed by atoms with Gasteiger partial charge in [-0.2, -0.15) is 0 Å². The van der Waals surface area contributed by atoms with Crippen molar-refractivity contribution < 1.29 is 9.18 Å². The van der Waals surface area contributed by atoms with E-state index in [1.807, 2.05) is 37.3 Å². The second kappa shape index (κ2) is 6.99. The summed E-state index contributed by atoms with van der Waals surface area (Å²) < 4.78 is 13.7. The minimum Gasteiger partial charge on any atom is -0.326 e. The summed E-state index contributed by atoms with van der Waals surface area (Å²) in [6, 6.07) is 14.3. The molecule has 2 rings (SSSR count). The minimum absolute atomic E-state index is 0.0683. The summed E-state index contributed by atoms with van der Waals surface area (Å²) in [4.78, 5) is 10.9. The molecule has 0 unspecified atom stereocenters. The van der Waals surface area contributed by atoms with Crippen LogP contribution in [0, 0.1) is 5.82 Å². The Labute approximate surface area is 124 Å². The highest BCUT2D eigenvalue weighted by Gasteiger charge is 2.09. The number of hydrogen-bond donors (Lipinski definition) is 2. The Morgan fingerprint density at radius 1 is 1.14 bits per heavy atom. The third-order valence-corrected chi connectivity index (χ3v) is 3.26. The Morgan fingerprint density at radius 2 is 1.81 bits per heavy atom. The lowest BCUT2D eigenvalue weighted by atomic mass is 10.1. The molecule has 1 atom stereocenters. The molecule has 2 N–H and O–H groups in total. The average Bonchev–Trinajstić information content (AvgIpc) is 2.46. The molecule has 0 aliphatic heterocycles. The molecule has 2 aromatic rings. The van der Waals surface area contributed by atoms with Gasteiger partial charge in [0, 0.05) is 30.8 Å². The summed E-state index contributed by atoms with van der Waals surface area (Å²) in [6.07, 6.45) is 0. The first-order valence-electron chi connectivity index (χ1n) is 6.90. The Kier molecular flexibility index (Phi) is 5.06. The molecule has 0 heterocycles. The molecule has 0 spiro atoms. The zero-order valence-corrected chi connectivity index (χ0v) is 12.2. The summed E-state index contributed by atoms with van der Waals surface area (Å²) in [6.45, 7) is 4.05. The van der Waals surface area contributed by atoms with Crippen LogP contribution in [0.5, 0.6) is 0 Å². The highest BCUT2D eigenvalue weighted by Crippen LogP contribution is 2.17. The van der Waals surface area contributed by atoms with Gasteiger partial charge in [0.25, 0.3) is 0 Å². The van der Waals surface area contributed by atoms with Crippen molar-refractivity contribution in [2.75, 3.05) is 5.32 Å². The van der Waals surface area contributed by atoms with Crippen molar-refractivity contribution >= 4 is 11.6 Å². The zero-order chi connectivity index (χ0) is 15.2. The Morgan fingerprint density at radius 3 is 2.43 bits per heavy atom. The van der Waals surface area contributed by atoms with Gasteiger partial charge in [0.15, 0.2) is 0 Å². The first-order chi connectivity index (χ1) is 10.1. The van der Waals surface area contributed by atoms with Crippen LogP contribution in [0.2, 0.25) is 0 Å². The molecule has 3 nitrogen and oxygen atoms in total. The Hall–Kier alpha value is -2.20. The summed E-state index contributed by atoms with van der Waals surface area (Å²) in [5.41, 5.74) is 2.51. The van der Waals surface area contributed by atoms with Crippen LogP contribution in [0.15, 0.2) is 48.5 Å². The molecule has 0 aliphatic carbocycles. The number of carbonyl (C=O) groups excluding carboxylic acids is 1. The summed E-state index contributed by atoms with van der Waals surface area (Å²) in [7, 11) is 0. The Bertz CT molecular complexity index is 610.